The van der Waals surface area contributed by atoms with E-state index in [1.807, 2.05) is 24.3 Å². The number of aryl methyl sites for hydroxylation is 2. The maximum atomic E-state index is 14.0. The SMILES string of the molecule is CCc1ccc(F)cc1CN1CCC(C2(c3cccc(C)c3)Cc3ccccc3C2=O)CC1. The molecule has 3 aromatic rings. The van der Waals surface area contributed by atoms with Crippen LogP contribution in [-0.4, -0.2) is 23.8 Å². The zero-order chi connectivity index (χ0) is 23.0. The minimum Gasteiger partial charge on any atom is -0.299 e. The number of carbonyl (C=O) groups is 1. The topological polar surface area (TPSA) is 20.3 Å². The van der Waals surface area contributed by atoms with Gasteiger partial charge in [0.15, 0.2) is 5.78 Å². The number of fused-ring (bicyclic) bond motifs is 1. The molecule has 1 fully saturated rings. The number of nitrogens with zero attached hydrogens (tertiary/aromatic N) is 1. The molecule has 33 heavy (non-hydrogen) atoms. The van der Waals surface area contributed by atoms with Gasteiger partial charge in [-0.25, -0.2) is 4.39 Å². The van der Waals surface area contributed by atoms with E-state index < -0.39 is 5.41 Å². The standard InChI is InChI=1S/C30H32FNO/c1-3-22-11-12-27(31)18-24(22)20-32-15-13-25(14-16-32)30(26-9-6-7-21(2)17-26)19-23-8-4-5-10-28(23)29(30)33/h4-12,17-18,25H,3,13-16,19-20H2,1-2H3. The summed E-state index contributed by atoms with van der Waals surface area (Å²) in [6.07, 6.45) is 3.66. The van der Waals surface area contributed by atoms with Crippen molar-refractivity contribution < 1.29 is 9.18 Å². The van der Waals surface area contributed by atoms with Crippen LogP contribution in [0.4, 0.5) is 4.39 Å². The number of benzene rings is 3. The summed E-state index contributed by atoms with van der Waals surface area (Å²) in [5, 5.41) is 0. The lowest BCUT2D eigenvalue weighted by Crippen LogP contribution is -2.47. The third kappa shape index (κ3) is 3.93. The van der Waals surface area contributed by atoms with Gasteiger partial charge in [0.1, 0.15) is 5.82 Å². The molecule has 170 valence electrons. The molecule has 1 heterocycles. The van der Waals surface area contributed by atoms with E-state index in [0.29, 0.717) is 11.7 Å². The molecule has 0 spiro atoms. The van der Waals surface area contributed by atoms with Crippen LogP contribution in [0.5, 0.6) is 0 Å². The minimum absolute atomic E-state index is 0.162. The van der Waals surface area contributed by atoms with Crippen LogP contribution in [0, 0.1) is 18.7 Å². The maximum absolute atomic E-state index is 14.0. The van der Waals surface area contributed by atoms with Gasteiger partial charge in [-0.05, 0) is 86.0 Å². The summed E-state index contributed by atoms with van der Waals surface area (Å²) in [6.45, 7) is 6.87. The van der Waals surface area contributed by atoms with Gasteiger partial charge in [-0.1, -0.05) is 67.1 Å². The number of Topliss-reactive ketones (excluding diaryl/α,β-unsaturated/α-hetero) is 1. The Bertz CT molecular complexity index is 1180. The Morgan fingerprint density at radius 3 is 2.48 bits per heavy atom. The Hall–Kier alpha value is -2.78. The second-order valence-electron chi connectivity index (χ2n) is 9.82. The van der Waals surface area contributed by atoms with Crippen molar-refractivity contribution in [3.8, 4) is 0 Å². The summed E-state index contributed by atoms with van der Waals surface area (Å²) in [4.78, 5) is 16.4. The fourth-order valence-electron chi connectivity index (χ4n) is 6.15. The first kappa shape index (κ1) is 22.0. The van der Waals surface area contributed by atoms with E-state index in [1.54, 1.807) is 12.1 Å². The lowest BCUT2D eigenvalue weighted by Gasteiger charge is -2.42. The highest BCUT2D eigenvalue weighted by atomic mass is 19.1. The van der Waals surface area contributed by atoms with Crippen molar-refractivity contribution in [2.75, 3.05) is 13.1 Å². The molecular weight excluding hydrogens is 409 g/mol. The molecule has 3 heteroatoms. The lowest BCUT2D eigenvalue weighted by molar-refractivity contribution is 0.0734. The van der Waals surface area contributed by atoms with Gasteiger partial charge >= 0.3 is 0 Å². The van der Waals surface area contributed by atoms with Crippen LogP contribution in [0.1, 0.15) is 57.9 Å². The molecule has 1 aliphatic carbocycles. The van der Waals surface area contributed by atoms with Gasteiger partial charge in [-0.3, -0.25) is 9.69 Å². The molecular formula is C30H32FNO. The van der Waals surface area contributed by atoms with Gasteiger partial charge in [0.2, 0.25) is 0 Å². The number of hydrogen-bond donors (Lipinski definition) is 0. The van der Waals surface area contributed by atoms with Crippen molar-refractivity contribution in [2.24, 2.45) is 5.92 Å². The van der Waals surface area contributed by atoms with E-state index in [0.717, 1.165) is 56.4 Å². The van der Waals surface area contributed by atoms with Gasteiger partial charge in [0.05, 0.1) is 5.41 Å². The molecule has 1 aliphatic heterocycles. The Morgan fingerprint density at radius 1 is 0.970 bits per heavy atom. The number of halogens is 1. The molecule has 1 saturated heterocycles. The van der Waals surface area contributed by atoms with Crippen molar-refractivity contribution in [2.45, 2.75) is 51.5 Å². The second kappa shape index (κ2) is 8.87. The summed E-state index contributed by atoms with van der Waals surface area (Å²) < 4.78 is 13.9. The van der Waals surface area contributed by atoms with Crippen molar-refractivity contribution >= 4 is 5.78 Å². The van der Waals surface area contributed by atoms with Gasteiger partial charge < -0.3 is 0 Å². The number of rotatable bonds is 5. The number of likely N-dealkylation sites (tertiary alicyclic amines) is 1. The summed E-state index contributed by atoms with van der Waals surface area (Å²) in [5.74, 6) is 0.430. The summed E-state index contributed by atoms with van der Waals surface area (Å²) in [7, 11) is 0. The average Bonchev–Trinajstić information content (AvgIpc) is 3.13. The quantitative estimate of drug-likeness (QED) is 0.464. The molecule has 0 radical (unpaired) electrons. The van der Waals surface area contributed by atoms with E-state index in [9.17, 15) is 9.18 Å². The smallest absolute Gasteiger partial charge is 0.174 e. The zero-order valence-corrected chi connectivity index (χ0v) is 19.6. The van der Waals surface area contributed by atoms with Crippen molar-refractivity contribution in [3.63, 3.8) is 0 Å². The Kier molecular flexibility index (Phi) is 5.92. The largest absolute Gasteiger partial charge is 0.299 e. The highest BCUT2D eigenvalue weighted by Crippen LogP contribution is 2.48. The number of hydrogen-bond acceptors (Lipinski definition) is 2. The molecule has 0 bridgehead atoms. The van der Waals surface area contributed by atoms with E-state index in [2.05, 4.69) is 49.1 Å². The predicted octanol–water partition coefficient (Wildman–Crippen LogP) is 6.29. The van der Waals surface area contributed by atoms with Crippen molar-refractivity contribution in [3.05, 3.63) is 106 Å². The van der Waals surface area contributed by atoms with Crippen LogP contribution in [0.3, 0.4) is 0 Å². The van der Waals surface area contributed by atoms with E-state index in [1.165, 1.54) is 22.3 Å². The first-order chi connectivity index (χ1) is 16.0. The molecule has 5 rings (SSSR count). The summed E-state index contributed by atoms with van der Waals surface area (Å²) in [5.41, 5.74) is 6.28. The van der Waals surface area contributed by atoms with Gasteiger partial charge in [0, 0.05) is 12.1 Å². The highest BCUT2D eigenvalue weighted by Gasteiger charge is 2.52. The van der Waals surface area contributed by atoms with Gasteiger partial charge in [-0.15, -0.1) is 0 Å². The van der Waals surface area contributed by atoms with Crippen molar-refractivity contribution in [1.82, 2.24) is 4.90 Å². The van der Waals surface area contributed by atoms with Crippen LogP contribution in [0.2, 0.25) is 0 Å². The van der Waals surface area contributed by atoms with Crippen LogP contribution in [0.15, 0.2) is 66.7 Å². The molecule has 1 unspecified atom stereocenters. The minimum atomic E-state index is -0.477. The number of ketones is 1. The van der Waals surface area contributed by atoms with E-state index in [-0.39, 0.29) is 5.82 Å². The fraction of sp³-hybridized carbons (Fsp3) is 0.367. The molecule has 0 amide bonds. The van der Waals surface area contributed by atoms with Gasteiger partial charge in [0.25, 0.3) is 0 Å². The van der Waals surface area contributed by atoms with Crippen LogP contribution in [-0.2, 0) is 24.8 Å². The zero-order valence-electron chi connectivity index (χ0n) is 19.6. The number of piperidine rings is 1. The lowest BCUT2D eigenvalue weighted by atomic mass is 9.64. The molecule has 0 N–H and O–H groups in total. The van der Waals surface area contributed by atoms with Crippen LogP contribution in [0.25, 0.3) is 0 Å². The predicted molar refractivity (Wildman–Crippen MR) is 131 cm³/mol. The third-order valence-corrected chi connectivity index (χ3v) is 7.90. The highest BCUT2D eigenvalue weighted by molar-refractivity contribution is 6.08. The third-order valence-electron chi connectivity index (χ3n) is 7.90. The average molecular weight is 442 g/mol. The first-order valence-corrected chi connectivity index (χ1v) is 12.2. The van der Waals surface area contributed by atoms with E-state index in [4.69, 9.17) is 0 Å². The normalized spacial score (nSPS) is 21.4. The Morgan fingerprint density at radius 2 is 1.76 bits per heavy atom. The van der Waals surface area contributed by atoms with Crippen LogP contribution < -0.4 is 0 Å². The molecule has 0 aromatic heterocycles. The maximum Gasteiger partial charge on any atom is 0.174 e. The van der Waals surface area contributed by atoms with Gasteiger partial charge in [-0.2, -0.15) is 0 Å². The molecule has 3 aromatic carbocycles. The first-order valence-electron chi connectivity index (χ1n) is 12.2. The molecule has 2 nitrogen and oxygen atoms in total. The van der Waals surface area contributed by atoms with Crippen LogP contribution >= 0.6 is 0 Å². The molecule has 1 atom stereocenters. The Balaban J connectivity index is 1.41. The Labute approximate surface area is 196 Å². The monoisotopic (exact) mass is 441 g/mol. The number of carbonyl (C=O) groups excluding carboxylic acids is 1. The molecule has 0 saturated carbocycles. The second-order valence-corrected chi connectivity index (χ2v) is 9.82. The summed E-state index contributed by atoms with van der Waals surface area (Å²) in [6, 6.07) is 21.9. The fourth-order valence-corrected chi connectivity index (χ4v) is 6.15. The molecule has 2 aliphatic rings. The van der Waals surface area contributed by atoms with E-state index >= 15 is 0 Å². The summed E-state index contributed by atoms with van der Waals surface area (Å²) >= 11 is 0. The van der Waals surface area contributed by atoms with Crippen molar-refractivity contribution in [1.29, 1.82) is 0 Å².